The highest BCUT2D eigenvalue weighted by Crippen LogP contribution is 2.25. The van der Waals surface area contributed by atoms with Crippen LogP contribution in [0.15, 0.2) is 29.0 Å². The second-order valence-corrected chi connectivity index (χ2v) is 5.36. The fourth-order valence-corrected chi connectivity index (χ4v) is 2.50. The van der Waals surface area contributed by atoms with Crippen molar-refractivity contribution in [1.29, 1.82) is 0 Å². The van der Waals surface area contributed by atoms with E-state index in [9.17, 15) is 0 Å². The molecular weight excluding hydrogens is 302 g/mol. The van der Waals surface area contributed by atoms with E-state index in [1.165, 1.54) is 11.5 Å². The third-order valence-corrected chi connectivity index (χ3v) is 3.36. The molecule has 0 saturated carbocycles. The minimum atomic E-state index is -4.94. The number of halogens is 1. The van der Waals surface area contributed by atoms with Crippen LogP contribution in [0.5, 0.6) is 5.75 Å². The summed E-state index contributed by atoms with van der Waals surface area (Å²) in [5.41, 5.74) is 1.15. The smallest absolute Gasteiger partial charge is 0.268 e. The molecule has 0 N–H and O–H groups in total. The van der Waals surface area contributed by atoms with Crippen molar-refractivity contribution in [3.63, 3.8) is 0 Å². The van der Waals surface area contributed by atoms with Crippen LogP contribution in [0, 0.1) is 10.2 Å². The molecule has 0 fully saturated rings. The van der Waals surface area contributed by atoms with Crippen molar-refractivity contribution < 1.29 is 33.6 Å². The summed E-state index contributed by atoms with van der Waals surface area (Å²) in [6.07, 6.45) is 0. The lowest BCUT2D eigenvalue weighted by molar-refractivity contribution is -2.00. The monoisotopic (exact) mass is 309 g/mol. The predicted octanol–water partition coefficient (Wildman–Crippen LogP) is -1.59. The Labute approximate surface area is 113 Å². The number of methoxy groups -OCH3 is 1. The zero-order valence-corrected chi connectivity index (χ0v) is 11.5. The largest absolute Gasteiger partial charge is 0.497 e. The first-order valence-electron chi connectivity index (χ1n) is 4.38. The van der Waals surface area contributed by atoms with Crippen molar-refractivity contribution in [3.8, 4) is 16.3 Å². The molecule has 1 heterocycles. The molecule has 2 rings (SSSR count). The first-order chi connectivity index (χ1) is 8.40. The lowest BCUT2D eigenvalue weighted by Gasteiger charge is -2.17. The fourth-order valence-electron chi connectivity index (χ4n) is 1.01. The van der Waals surface area contributed by atoms with Crippen molar-refractivity contribution in [2.45, 2.75) is 0 Å². The van der Waals surface area contributed by atoms with Crippen LogP contribution < -0.4 is 23.4 Å². The van der Waals surface area contributed by atoms with Crippen LogP contribution in [0.2, 0.25) is 0 Å². The maximum Gasteiger partial charge on any atom is 0.268 e. The van der Waals surface area contributed by atoms with Gasteiger partial charge in [0.2, 0.25) is 11.5 Å². The van der Waals surface area contributed by atoms with E-state index in [2.05, 4.69) is 4.37 Å². The second kappa shape index (κ2) is 6.90. The van der Waals surface area contributed by atoms with E-state index >= 15 is 0 Å². The standard InChI is InChI=1S/C9H8NOS2.ClHO4/c1-11-8-4-2-7(3-5-8)9-10-13-6-12-9;2-1(3,4)5/h2-6H,1H3;(H,2,3,4,5)/q+1;/p-1. The zero-order chi connectivity index (χ0) is 13.6. The van der Waals surface area contributed by atoms with Gasteiger partial charge in [-0.05, 0) is 28.6 Å². The molecule has 0 aliphatic rings. The normalized spacial score (nSPS) is 10.5. The quantitative estimate of drug-likeness (QED) is 0.617. The van der Waals surface area contributed by atoms with Gasteiger partial charge in [0.25, 0.3) is 9.70 Å². The van der Waals surface area contributed by atoms with Crippen LogP contribution >= 0.6 is 22.9 Å². The summed E-state index contributed by atoms with van der Waals surface area (Å²) in [4.78, 5) is 0. The topological polar surface area (TPSA) is 114 Å². The first kappa shape index (κ1) is 15.2. The summed E-state index contributed by atoms with van der Waals surface area (Å²) >= 11 is 3.14. The Morgan fingerprint density at radius 2 is 1.72 bits per heavy atom. The number of rotatable bonds is 2. The molecule has 0 unspecified atom stereocenters. The van der Waals surface area contributed by atoms with Gasteiger partial charge in [0.1, 0.15) is 17.1 Å². The average Bonchev–Trinajstić information content (AvgIpc) is 2.80. The van der Waals surface area contributed by atoms with Crippen molar-refractivity contribution >= 4 is 22.9 Å². The fraction of sp³-hybridized carbons (Fsp3) is 0.111. The van der Waals surface area contributed by atoms with E-state index in [1.54, 1.807) is 18.4 Å². The molecule has 9 heteroatoms. The lowest BCUT2D eigenvalue weighted by atomic mass is 10.2. The van der Waals surface area contributed by atoms with Gasteiger partial charge >= 0.3 is 0 Å². The highest BCUT2D eigenvalue weighted by Gasteiger charge is 2.08. The number of nitrogens with zero attached hydrogens (tertiary/aromatic N) is 1. The molecule has 0 spiro atoms. The van der Waals surface area contributed by atoms with Crippen molar-refractivity contribution in [3.05, 3.63) is 29.0 Å². The van der Waals surface area contributed by atoms with Gasteiger partial charge in [0.15, 0.2) is 0 Å². The molecular formula is C9H8ClNO5S2. The summed E-state index contributed by atoms with van der Waals surface area (Å²) in [6.45, 7) is 0. The van der Waals surface area contributed by atoms with Gasteiger partial charge in [0.05, 0.1) is 7.11 Å². The number of benzene rings is 1. The van der Waals surface area contributed by atoms with Crippen LogP contribution in [-0.4, -0.2) is 11.5 Å². The Balaban J connectivity index is 0.000000280. The molecule has 0 aliphatic heterocycles. The van der Waals surface area contributed by atoms with Crippen molar-refractivity contribution in [2.75, 3.05) is 7.11 Å². The van der Waals surface area contributed by atoms with Crippen LogP contribution in [0.3, 0.4) is 0 Å². The molecule has 0 amide bonds. The SMILES string of the molecule is COc1ccc(-c2nsc[s+]2)cc1.[O-][Cl+3]([O-])([O-])[O-]. The van der Waals surface area contributed by atoms with Crippen LogP contribution in [0.4, 0.5) is 0 Å². The molecule has 0 saturated heterocycles. The molecule has 6 nitrogen and oxygen atoms in total. The summed E-state index contributed by atoms with van der Waals surface area (Å²) in [5.74, 6) is 0.879. The summed E-state index contributed by atoms with van der Waals surface area (Å²) in [6, 6.07) is 7.93. The molecule has 0 radical (unpaired) electrons. The van der Waals surface area contributed by atoms with Crippen molar-refractivity contribution in [2.24, 2.45) is 0 Å². The van der Waals surface area contributed by atoms with E-state index in [1.807, 2.05) is 29.0 Å². The average molecular weight is 310 g/mol. The minimum Gasteiger partial charge on any atom is -0.497 e. The van der Waals surface area contributed by atoms with Gasteiger partial charge in [-0.15, -0.1) is 10.2 Å². The van der Waals surface area contributed by atoms with E-state index < -0.39 is 10.2 Å². The number of hydrogen-bond acceptors (Lipinski definition) is 7. The first-order valence-corrected chi connectivity index (χ1v) is 7.33. The number of hydrogen-bond donors (Lipinski definition) is 0. The van der Waals surface area contributed by atoms with E-state index in [0.717, 1.165) is 16.3 Å². The van der Waals surface area contributed by atoms with Gasteiger partial charge in [0, 0.05) is 5.56 Å². The van der Waals surface area contributed by atoms with Gasteiger partial charge < -0.3 is 4.74 Å². The molecule has 1 aromatic heterocycles. The van der Waals surface area contributed by atoms with Gasteiger partial charge in [-0.3, -0.25) is 0 Å². The molecule has 18 heavy (non-hydrogen) atoms. The Bertz CT molecular complexity index is 451. The molecule has 98 valence electrons. The Morgan fingerprint density at radius 3 is 2.11 bits per heavy atom. The Morgan fingerprint density at radius 1 is 1.17 bits per heavy atom. The van der Waals surface area contributed by atoms with Gasteiger partial charge in [-0.25, -0.2) is 18.6 Å². The molecule has 0 bridgehead atoms. The Hall–Kier alpha value is -0.870. The van der Waals surface area contributed by atoms with E-state index in [-0.39, 0.29) is 0 Å². The zero-order valence-electron chi connectivity index (χ0n) is 9.07. The Kier molecular flexibility index (Phi) is 5.82. The summed E-state index contributed by atoms with van der Waals surface area (Å²) in [7, 11) is -3.28. The van der Waals surface area contributed by atoms with E-state index in [0.29, 0.717) is 0 Å². The van der Waals surface area contributed by atoms with Crippen molar-refractivity contribution in [1.82, 2.24) is 4.37 Å². The lowest BCUT2D eigenvalue weighted by Crippen LogP contribution is -2.68. The second-order valence-electron chi connectivity index (χ2n) is 2.82. The van der Waals surface area contributed by atoms with Gasteiger partial charge in [-0.2, -0.15) is 0 Å². The summed E-state index contributed by atoms with van der Waals surface area (Å²) in [5, 5.41) is 1.06. The molecule has 1 aromatic carbocycles. The van der Waals surface area contributed by atoms with E-state index in [4.69, 9.17) is 23.4 Å². The maximum absolute atomic E-state index is 8.49. The third-order valence-electron chi connectivity index (χ3n) is 1.68. The van der Waals surface area contributed by atoms with Gasteiger partial charge in [-0.1, -0.05) is 0 Å². The minimum absolute atomic E-state index is 0.879. The van der Waals surface area contributed by atoms with Crippen LogP contribution in [0.25, 0.3) is 10.6 Å². The van der Waals surface area contributed by atoms with Crippen LogP contribution in [-0.2, 0) is 0 Å². The molecule has 2 aromatic rings. The number of ether oxygens (including phenoxy) is 1. The number of aromatic nitrogens is 1. The van der Waals surface area contributed by atoms with Crippen LogP contribution in [0.1, 0.15) is 0 Å². The highest BCUT2D eigenvalue weighted by molar-refractivity contribution is 7.26. The third kappa shape index (κ3) is 6.17. The highest BCUT2D eigenvalue weighted by atomic mass is 35.7. The predicted molar refractivity (Wildman–Crippen MR) is 56.4 cm³/mol. The maximum atomic E-state index is 8.49. The molecule has 0 atom stereocenters. The molecule has 0 aliphatic carbocycles. The summed E-state index contributed by atoms with van der Waals surface area (Å²) < 4.78 is 45.3.